The summed E-state index contributed by atoms with van der Waals surface area (Å²) < 4.78 is 35.1. The fraction of sp³-hybridized carbons (Fsp3) is 0.381. The molecule has 1 aliphatic rings. The highest BCUT2D eigenvalue weighted by Gasteiger charge is 2.43. The van der Waals surface area contributed by atoms with Crippen LogP contribution in [0.5, 0.6) is 11.5 Å². The van der Waals surface area contributed by atoms with Crippen molar-refractivity contribution in [3.8, 4) is 11.5 Å². The Balaban J connectivity index is 0.00000300. The van der Waals surface area contributed by atoms with E-state index in [2.05, 4.69) is 44.6 Å². The molecule has 2 aromatic rings. The minimum absolute atomic E-state index is 0. The van der Waals surface area contributed by atoms with Crippen LogP contribution in [-0.2, 0) is 12.0 Å². The largest absolute Gasteiger partial charge is 0.497 e. The SMILES string of the molecule is CN=C(NCc1cc(OC)ccc1OC(F)F)NCC1(c2ccccc2)CC1.I. The van der Waals surface area contributed by atoms with Crippen LogP contribution in [0.3, 0.4) is 0 Å². The van der Waals surface area contributed by atoms with E-state index in [1.807, 2.05) is 6.07 Å². The monoisotopic (exact) mass is 517 g/mol. The molecule has 0 aromatic heterocycles. The summed E-state index contributed by atoms with van der Waals surface area (Å²) in [6, 6.07) is 15.2. The maximum atomic E-state index is 12.7. The summed E-state index contributed by atoms with van der Waals surface area (Å²) >= 11 is 0. The first-order chi connectivity index (χ1) is 13.6. The summed E-state index contributed by atoms with van der Waals surface area (Å²) in [5.74, 6) is 1.29. The van der Waals surface area contributed by atoms with Gasteiger partial charge in [0.25, 0.3) is 0 Å². The fourth-order valence-electron chi connectivity index (χ4n) is 3.19. The van der Waals surface area contributed by atoms with Crippen molar-refractivity contribution < 1.29 is 18.3 Å². The van der Waals surface area contributed by atoms with Gasteiger partial charge in [0.1, 0.15) is 11.5 Å². The Labute approximate surface area is 186 Å². The highest BCUT2D eigenvalue weighted by atomic mass is 127. The van der Waals surface area contributed by atoms with Gasteiger partial charge >= 0.3 is 6.61 Å². The molecule has 2 aromatic carbocycles. The molecule has 2 N–H and O–H groups in total. The van der Waals surface area contributed by atoms with Gasteiger partial charge in [-0.15, -0.1) is 24.0 Å². The number of guanidine groups is 1. The number of benzene rings is 2. The van der Waals surface area contributed by atoms with Gasteiger partial charge in [-0.25, -0.2) is 0 Å². The van der Waals surface area contributed by atoms with Crippen LogP contribution < -0.4 is 20.1 Å². The first-order valence-corrected chi connectivity index (χ1v) is 9.18. The van der Waals surface area contributed by atoms with Crippen molar-refractivity contribution in [2.45, 2.75) is 31.4 Å². The average Bonchev–Trinajstić information content (AvgIpc) is 3.50. The molecular formula is C21H26F2IN3O2. The molecule has 0 aliphatic heterocycles. The molecule has 0 spiro atoms. The lowest BCUT2D eigenvalue weighted by molar-refractivity contribution is -0.0504. The number of nitrogens with zero attached hydrogens (tertiary/aromatic N) is 1. The third kappa shape index (κ3) is 6.19. The normalized spacial score (nSPS) is 14.7. The first kappa shape index (κ1) is 23.2. The van der Waals surface area contributed by atoms with Gasteiger partial charge in [0.05, 0.1) is 7.11 Å². The molecule has 29 heavy (non-hydrogen) atoms. The lowest BCUT2D eigenvalue weighted by Gasteiger charge is -2.19. The summed E-state index contributed by atoms with van der Waals surface area (Å²) in [7, 11) is 3.21. The van der Waals surface area contributed by atoms with Gasteiger partial charge in [-0.05, 0) is 36.6 Å². The number of aliphatic imine (C=N–C) groups is 1. The topological polar surface area (TPSA) is 54.9 Å². The summed E-state index contributed by atoms with van der Waals surface area (Å²) in [6.07, 6.45) is 2.26. The quantitative estimate of drug-likeness (QED) is 0.312. The van der Waals surface area contributed by atoms with Gasteiger partial charge in [-0.3, -0.25) is 4.99 Å². The van der Waals surface area contributed by atoms with E-state index in [1.165, 1.54) is 18.7 Å². The van der Waals surface area contributed by atoms with Crippen LogP contribution >= 0.6 is 24.0 Å². The number of rotatable bonds is 8. The smallest absolute Gasteiger partial charge is 0.387 e. The van der Waals surface area contributed by atoms with Crippen LogP contribution in [0.25, 0.3) is 0 Å². The van der Waals surface area contributed by atoms with Gasteiger partial charge in [0, 0.05) is 31.1 Å². The third-order valence-electron chi connectivity index (χ3n) is 4.99. The summed E-state index contributed by atoms with van der Waals surface area (Å²) in [5, 5.41) is 6.51. The highest BCUT2D eigenvalue weighted by molar-refractivity contribution is 14.0. The van der Waals surface area contributed by atoms with Crippen LogP contribution in [0.1, 0.15) is 24.0 Å². The van der Waals surface area contributed by atoms with E-state index in [0.29, 0.717) is 17.3 Å². The number of alkyl halides is 2. The molecule has 0 unspecified atom stereocenters. The third-order valence-corrected chi connectivity index (χ3v) is 4.99. The van der Waals surface area contributed by atoms with Crippen LogP contribution in [0, 0.1) is 0 Å². The fourth-order valence-corrected chi connectivity index (χ4v) is 3.19. The van der Waals surface area contributed by atoms with E-state index < -0.39 is 6.61 Å². The maximum Gasteiger partial charge on any atom is 0.387 e. The number of methoxy groups -OCH3 is 1. The van der Waals surface area contributed by atoms with Gasteiger partial charge < -0.3 is 20.1 Å². The Morgan fingerprint density at radius 3 is 2.45 bits per heavy atom. The number of nitrogens with one attached hydrogen (secondary N) is 2. The highest BCUT2D eigenvalue weighted by Crippen LogP contribution is 2.47. The zero-order chi connectivity index (χ0) is 20.0. The lowest BCUT2D eigenvalue weighted by atomic mass is 9.96. The van der Waals surface area contributed by atoms with Gasteiger partial charge in [0.15, 0.2) is 5.96 Å². The van der Waals surface area contributed by atoms with Crippen LogP contribution in [0.15, 0.2) is 53.5 Å². The molecule has 5 nitrogen and oxygen atoms in total. The minimum Gasteiger partial charge on any atom is -0.497 e. The van der Waals surface area contributed by atoms with E-state index in [-0.39, 0.29) is 41.7 Å². The molecule has 3 rings (SSSR count). The number of halogens is 3. The summed E-state index contributed by atoms with van der Waals surface area (Å²) in [4.78, 5) is 4.24. The van der Waals surface area contributed by atoms with Crippen molar-refractivity contribution in [3.05, 3.63) is 59.7 Å². The van der Waals surface area contributed by atoms with Crippen LogP contribution in [-0.4, -0.2) is 33.3 Å². The molecule has 158 valence electrons. The second kappa shape index (κ2) is 10.6. The molecule has 0 bridgehead atoms. The summed E-state index contributed by atoms with van der Waals surface area (Å²) in [5.41, 5.74) is 2.02. The second-order valence-corrected chi connectivity index (χ2v) is 6.78. The Morgan fingerprint density at radius 1 is 1.14 bits per heavy atom. The molecule has 1 fully saturated rings. The van der Waals surface area contributed by atoms with E-state index in [1.54, 1.807) is 19.2 Å². The Morgan fingerprint density at radius 2 is 1.86 bits per heavy atom. The predicted octanol–water partition coefficient (Wildman–Crippen LogP) is 4.31. The maximum absolute atomic E-state index is 12.7. The second-order valence-electron chi connectivity index (χ2n) is 6.78. The number of hydrogen-bond acceptors (Lipinski definition) is 3. The van der Waals surface area contributed by atoms with E-state index in [4.69, 9.17) is 4.74 Å². The van der Waals surface area contributed by atoms with Crippen LogP contribution in [0.4, 0.5) is 8.78 Å². The molecule has 0 heterocycles. The van der Waals surface area contributed by atoms with Crippen molar-refractivity contribution in [2.75, 3.05) is 20.7 Å². The van der Waals surface area contributed by atoms with Crippen molar-refractivity contribution >= 4 is 29.9 Å². The Bertz CT molecular complexity index is 815. The van der Waals surface area contributed by atoms with Gasteiger partial charge in [-0.2, -0.15) is 8.78 Å². The molecule has 0 atom stereocenters. The number of ether oxygens (including phenoxy) is 2. The van der Waals surface area contributed by atoms with Crippen molar-refractivity contribution in [1.82, 2.24) is 10.6 Å². The zero-order valence-electron chi connectivity index (χ0n) is 16.5. The van der Waals surface area contributed by atoms with E-state index >= 15 is 0 Å². The zero-order valence-corrected chi connectivity index (χ0v) is 18.8. The first-order valence-electron chi connectivity index (χ1n) is 9.18. The van der Waals surface area contributed by atoms with E-state index in [9.17, 15) is 8.78 Å². The lowest BCUT2D eigenvalue weighted by Crippen LogP contribution is -2.41. The van der Waals surface area contributed by atoms with Crippen molar-refractivity contribution in [3.63, 3.8) is 0 Å². The van der Waals surface area contributed by atoms with Crippen molar-refractivity contribution in [1.29, 1.82) is 0 Å². The van der Waals surface area contributed by atoms with Gasteiger partial charge in [-0.1, -0.05) is 30.3 Å². The molecule has 1 saturated carbocycles. The minimum atomic E-state index is -2.88. The average molecular weight is 517 g/mol. The Kier molecular flexibility index (Phi) is 8.48. The van der Waals surface area contributed by atoms with E-state index in [0.717, 1.165) is 19.4 Å². The van der Waals surface area contributed by atoms with Crippen LogP contribution in [0.2, 0.25) is 0 Å². The number of hydrogen-bond donors (Lipinski definition) is 2. The molecule has 8 heteroatoms. The Hall–Kier alpha value is -2.10. The molecule has 0 saturated heterocycles. The molecule has 1 aliphatic carbocycles. The standard InChI is InChI=1S/C21H25F2N3O2.HI/c1-24-20(26-14-21(10-11-21)16-6-4-3-5-7-16)25-13-15-12-17(27-2)8-9-18(15)28-19(22)23;/h3-9,12,19H,10-11,13-14H2,1-2H3,(H2,24,25,26);1H. The van der Waals surface area contributed by atoms with Crippen molar-refractivity contribution in [2.24, 2.45) is 4.99 Å². The summed E-state index contributed by atoms with van der Waals surface area (Å²) in [6.45, 7) is -1.85. The molecule has 0 radical (unpaired) electrons. The molecular weight excluding hydrogens is 491 g/mol. The predicted molar refractivity (Wildman–Crippen MR) is 121 cm³/mol. The van der Waals surface area contributed by atoms with Gasteiger partial charge in [0.2, 0.25) is 0 Å². The molecule has 0 amide bonds.